The fraction of sp³-hybridized carbons (Fsp3) is 0.353. The third kappa shape index (κ3) is 3.84. The maximum absolute atomic E-state index is 5.83. The first kappa shape index (κ1) is 15.1. The summed E-state index contributed by atoms with van der Waals surface area (Å²) >= 11 is 1.68. The van der Waals surface area contributed by atoms with E-state index in [4.69, 9.17) is 5.73 Å². The number of aromatic nitrogens is 1. The monoisotopic (exact) mass is 286 g/mol. The number of rotatable bonds is 3. The Balaban J connectivity index is 2.10. The van der Waals surface area contributed by atoms with E-state index in [0.717, 1.165) is 10.6 Å². The second-order valence-electron chi connectivity index (χ2n) is 6.09. The van der Waals surface area contributed by atoms with E-state index in [-0.39, 0.29) is 11.5 Å². The lowest BCUT2D eigenvalue weighted by molar-refractivity contribution is 0.590. The smallest absolute Gasteiger partial charge is 0.101 e. The Labute approximate surface area is 125 Å². The van der Waals surface area contributed by atoms with Crippen LogP contribution in [0.15, 0.2) is 52.5 Å². The van der Waals surface area contributed by atoms with E-state index in [1.807, 2.05) is 25.3 Å². The number of benzene rings is 1. The Morgan fingerprint density at radius 2 is 1.70 bits per heavy atom. The summed E-state index contributed by atoms with van der Waals surface area (Å²) in [6.07, 6.45) is 1.86. The van der Waals surface area contributed by atoms with Crippen molar-refractivity contribution in [2.24, 2.45) is 5.73 Å². The molecule has 0 fully saturated rings. The van der Waals surface area contributed by atoms with Crippen LogP contribution in [0.2, 0.25) is 0 Å². The molecule has 0 aliphatic heterocycles. The highest BCUT2D eigenvalue weighted by Crippen LogP contribution is 2.29. The first-order valence-electron chi connectivity index (χ1n) is 6.86. The lowest BCUT2D eigenvalue weighted by atomic mass is 9.87. The Hall–Kier alpha value is -1.32. The standard InChI is InChI=1S/C17H22N2S/c1-12(18)13-5-10-16(19-11-13)20-15-8-6-14(7-9-15)17(2,3)4/h5-12H,18H2,1-4H3. The van der Waals surface area contributed by atoms with Crippen molar-refractivity contribution >= 4 is 11.8 Å². The van der Waals surface area contributed by atoms with Crippen LogP contribution in [-0.2, 0) is 5.41 Å². The molecule has 0 radical (unpaired) electrons. The van der Waals surface area contributed by atoms with Crippen LogP contribution in [0.4, 0.5) is 0 Å². The van der Waals surface area contributed by atoms with Gasteiger partial charge in [0.05, 0.1) is 0 Å². The van der Waals surface area contributed by atoms with Gasteiger partial charge in [-0.2, -0.15) is 0 Å². The molecule has 1 unspecified atom stereocenters. The molecule has 2 N–H and O–H groups in total. The molecule has 1 aromatic carbocycles. The molecule has 0 bridgehead atoms. The van der Waals surface area contributed by atoms with E-state index in [1.54, 1.807) is 11.8 Å². The molecule has 1 heterocycles. The van der Waals surface area contributed by atoms with Crippen molar-refractivity contribution in [2.75, 3.05) is 0 Å². The van der Waals surface area contributed by atoms with Crippen LogP contribution in [-0.4, -0.2) is 4.98 Å². The molecule has 0 aliphatic carbocycles. The van der Waals surface area contributed by atoms with Crippen molar-refractivity contribution in [1.82, 2.24) is 4.98 Å². The van der Waals surface area contributed by atoms with E-state index in [0.29, 0.717) is 0 Å². The van der Waals surface area contributed by atoms with Crippen LogP contribution >= 0.6 is 11.8 Å². The first-order valence-corrected chi connectivity index (χ1v) is 7.68. The Bertz CT molecular complexity index is 551. The summed E-state index contributed by atoms with van der Waals surface area (Å²) in [4.78, 5) is 5.66. The van der Waals surface area contributed by atoms with Gasteiger partial charge in [-0.05, 0) is 41.7 Å². The van der Waals surface area contributed by atoms with Gasteiger partial charge < -0.3 is 5.73 Å². The normalized spacial score (nSPS) is 13.2. The van der Waals surface area contributed by atoms with Crippen molar-refractivity contribution in [2.45, 2.75) is 49.1 Å². The molecule has 2 nitrogen and oxygen atoms in total. The zero-order valence-electron chi connectivity index (χ0n) is 12.6. The fourth-order valence-electron chi connectivity index (χ4n) is 1.87. The van der Waals surface area contributed by atoms with E-state index >= 15 is 0 Å². The molecular weight excluding hydrogens is 264 g/mol. The van der Waals surface area contributed by atoms with Gasteiger partial charge in [-0.25, -0.2) is 4.98 Å². The minimum atomic E-state index is 0.0348. The van der Waals surface area contributed by atoms with Gasteiger partial charge in [0.25, 0.3) is 0 Å². The largest absolute Gasteiger partial charge is 0.324 e. The van der Waals surface area contributed by atoms with Gasteiger partial charge in [-0.1, -0.05) is 50.7 Å². The third-order valence-corrected chi connectivity index (χ3v) is 4.19. The highest BCUT2D eigenvalue weighted by Gasteiger charge is 2.13. The average Bonchev–Trinajstić information content (AvgIpc) is 2.39. The predicted octanol–water partition coefficient (Wildman–Crippen LogP) is 4.55. The second kappa shape index (κ2) is 5.98. The molecule has 0 amide bonds. The molecule has 0 saturated carbocycles. The molecule has 3 heteroatoms. The van der Waals surface area contributed by atoms with Crippen LogP contribution in [0.3, 0.4) is 0 Å². The van der Waals surface area contributed by atoms with Crippen LogP contribution in [0.1, 0.15) is 44.9 Å². The first-order chi connectivity index (χ1) is 9.36. The Morgan fingerprint density at radius 3 is 2.15 bits per heavy atom. The van der Waals surface area contributed by atoms with Crippen LogP contribution in [0, 0.1) is 0 Å². The molecule has 20 heavy (non-hydrogen) atoms. The molecule has 1 aromatic heterocycles. The molecule has 2 rings (SSSR count). The lowest BCUT2D eigenvalue weighted by Gasteiger charge is -2.19. The number of nitrogens with two attached hydrogens (primary N) is 1. The van der Waals surface area contributed by atoms with Crippen LogP contribution in [0.25, 0.3) is 0 Å². The number of hydrogen-bond donors (Lipinski definition) is 1. The third-order valence-electron chi connectivity index (χ3n) is 3.23. The zero-order valence-corrected chi connectivity index (χ0v) is 13.4. The number of hydrogen-bond acceptors (Lipinski definition) is 3. The fourth-order valence-corrected chi connectivity index (χ4v) is 2.62. The molecule has 106 valence electrons. The molecule has 2 aromatic rings. The Morgan fingerprint density at radius 1 is 1.05 bits per heavy atom. The van der Waals surface area contributed by atoms with Crippen LogP contribution in [0.5, 0.6) is 0 Å². The highest BCUT2D eigenvalue weighted by molar-refractivity contribution is 7.99. The number of nitrogens with zero attached hydrogens (tertiary/aromatic N) is 1. The average molecular weight is 286 g/mol. The highest BCUT2D eigenvalue weighted by atomic mass is 32.2. The van der Waals surface area contributed by atoms with Gasteiger partial charge in [-0.3, -0.25) is 0 Å². The molecule has 0 spiro atoms. The summed E-state index contributed by atoms with van der Waals surface area (Å²) in [6.45, 7) is 8.64. The lowest BCUT2D eigenvalue weighted by Crippen LogP contribution is -2.10. The van der Waals surface area contributed by atoms with E-state index < -0.39 is 0 Å². The van der Waals surface area contributed by atoms with Gasteiger partial charge in [0.15, 0.2) is 0 Å². The summed E-state index contributed by atoms with van der Waals surface area (Å²) in [5, 5.41) is 0.998. The van der Waals surface area contributed by atoms with Crippen molar-refractivity contribution in [3.05, 3.63) is 53.7 Å². The summed E-state index contributed by atoms with van der Waals surface area (Å²) in [5.41, 5.74) is 8.44. The van der Waals surface area contributed by atoms with Gasteiger partial charge in [0.2, 0.25) is 0 Å². The summed E-state index contributed by atoms with van der Waals surface area (Å²) in [5.74, 6) is 0. The minimum absolute atomic E-state index is 0.0348. The van der Waals surface area contributed by atoms with E-state index in [2.05, 4.69) is 50.0 Å². The Kier molecular flexibility index (Phi) is 4.51. The summed E-state index contributed by atoms with van der Waals surface area (Å²) in [6, 6.07) is 12.8. The van der Waals surface area contributed by atoms with E-state index in [1.165, 1.54) is 10.5 Å². The van der Waals surface area contributed by atoms with Gasteiger partial charge in [0.1, 0.15) is 5.03 Å². The maximum atomic E-state index is 5.83. The minimum Gasteiger partial charge on any atom is -0.324 e. The van der Waals surface area contributed by atoms with E-state index in [9.17, 15) is 0 Å². The van der Waals surface area contributed by atoms with Crippen LogP contribution < -0.4 is 5.73 Å². The molecule has 0 aliphatic rings. The van der Waals surface area contributed by atoms with Crippen molar-refractivity contribution in [1.29, 1.82) is 0 Å². The van der Waals surface area contributed by atoms with Crippen molar-refractivity contribution in [3.63, 3.8) is 0 Å². The predicted molar refractivity (Wildman–Crippen MR) is 86.1 cm³/mol. The van der Waals surface area contributed by atoms with Gasteiger partial charge in [0, 0.05) is 17.1 Å². The zero-order chi connectivity index (χ0) is 14.8. The second-order valence-corrected chi connectivity index (χ2v) is 7.19. The van der Waals surface area contributed by atoms with Gasteiger partial charge in [-0.15, -0.1) is 0 Å². The molecule has 1 atom stereocenters. The molecular formula is C17H22N2S. The topological polar surface area (TPSA) is 38.9 Å². The maximum Gasteiger partial charge on any atom is 0.101 e. The SMILES string of the molecule is CC(N)c1ccc(Sc2ccc(C(C)(C)C)cc2)nc1. The van der Waals surface area contributed by atoms with Crippen molar-refractivity contribution < 1.29 is 0 Å². The summed E-state index contributed by atoms with van der Waals surface area (Å²) in [7, 11) is 0. The van der Waals surface area contributed by atoms with Crippen molar-refractivity contribution in [3.8, 4) is 0 Å². The van der Waals surface area contributed by atoms with Gasteiger partial charge >= 0.3 is 0 Å². The number of pyridine rings is 1. The quantitative estimate of drug-likeness (QED) is 0.899. The summed E-state index contributed by atoms with van der Waals surface area (Å²) < 4.78 is 0. The molecule has 0 saturated heterocycles.